The summed E-state index contributed by atoms with van der Waals surface area (Å²) in [6.07, 6.45) is 1.53. The molecule has 7 nitrogen and oxygen atoms in total. The van der Waals surface area contributed by atoms with E-state index in [0.29, 0.717) is 14.9 Å². The second kappa shape index (κ2) is 8.63. The van der Waals surface area contributed by atoms with Crippen LogP contribution >= 0.6 is 35.3 Å². The van der Waals surface area contributed by atoms with Crippen LogP contribution in [-0.4, -0.2) is 43.6 Å². The number of thioether (sulfide) groups is 1. The first-order valence-corrected chi connectivity index (χ1v) is 10.2. The maximum absolute atomic E-state index is 12.6. The van der Waals surface area contributed by atoms with Crippen molar-refractivity contribution in [1.29, 1.82) is 0 Å². The standard InChI is InChI=1S/C18H15N3O4S3/c1-10-2-4-11(5-3-10)6-13-16(25)21(18(26)28-13)8-14(22)20-17-19-12(9-27-17)7-15(23)24/h2-6,9H,7-8H2,1H3,(H,23,24)(H,19,20,22)/b13-6-. The lowest BCUT2D eigenvalue weighted by Gasteiger charge is -2.13. The molecule has 1 aliphatic heterocycles. The van der Waals surface area contributed by atoms with E-state index in [1.165, 1.54) is 4.90 Å². The molecule has 0 unspecified atom stereocenters. The first-order valence-electron chi connectivity index (χ1n) is 8.10. The minimum atomic E-state index is -0.999. The van der Waals surface area contributed by atoms with Crippen LogP contribution in [0.3, 0.4) is 0 Å². The molecule has 1 fully saturated rings. The lowest BCUT2D eigenvalue weighted by atomic mass is 10.1. The van der Waals surface area contributed by atoms with Crippen molar-refractivity contribution in [2.75, 3.05) is 11.9 Å². The molecule has 0 aliphatic carbocycles. The molecule has 1 saturated heterocycles. The predicted octanol–water partition coefficient (Wildman–Crippen LogP) is 2.92. The number of anilines is 1. The summed E-state index contributed by atoms with van der Waals surface area (Å²) in [6, 6.07) is 7.72. The van der Waals surface area contributed by atoms with E-state index < -0.39 is 11.9 Å². The number of aryl methyl sites for hydroxylation is 1. The van der Waals surface area contributed by atoms with Gasteiger partial charge in [0.2, 0.25) is 5.91 Å². The summed E-state index contributed by atoms with van der Waals surface area (Å²) in [5.41, 5.74) is 2.36. The molecule has 3 rings (SSSR count). The van der Waals surface area contributed by atoms with Gasteiger partial charge in [0.15, 0.2) is 5.13 Å². The van der Waals surface area contributed by atoms with Gasteiger partial charge < -0.3 is 10.4 Å². The Morgan fingerprint density at radius 3 is 2.71 bits per heavy atom. The fourth-order valence-electron chi connectivity index (χ4n) is 2.35. The van der Waals surface area contributed by atoms with E-state index in [4.69, 9.17) is 17.3 Å². The number of benzene rings is 1. The van der Waals surface area contributed by atoms with Gasteiger partial charge in [-0.15, -0.1) is 11.3 Å². The maximum atomic E-state index is 12.6. The Labute approximate surface area is 174 Å². The summed E-state index contributed by atoms with van der Waals surface area (Å²) < 4.78 is 0.309. The van der Waals surface area contributed by atoms with Crippen LogP contribution in [0, 0.1) is 6.92 Å². The maximum Gasteiger partial charge on any atom is 0.309 e. The average Bonchev–Trinajstić information content (AvgIpc) is 3.15. The third kappa shape index (κ3) is 5.03. The van der Waals surface area contributed by atoms with Crippen molar-refractivity contribution in [1.82, 2.24) is 9.88 Å². The monoisotopic (exact) mass is 433 g/mol. The van der Waals surface area contributed by atoms with E-state index in [9.17, 15) is 14.4 Å². The van der Waals surface area contributed by atoms with Gasteiger partial charge in [-0.2, -0.15) is 0 Å². The quantitative estimate of drug-likeness (QED) is 0.534. The van der Waals surface area contributed by atoms with Crippen LogP contribution < -0.4 is 5.32 Å². The summed E-state index contributed by atoms with van der Waals surface area (Å²) in [6.45, 7) is 1.75. The fraction of sp³-hybridized carbons (Fsp3) is 0.167. The molecule has 0 atom stereocenters. The van der Waals surface area contributed by atoms with Crippen molar-refractivity contribution in [3.63, 3.8) is 0 Å². The van der Waals surface area contributed by atoms with Crippen LogP contribution in [-0.2, 0) is 20.8 Å². The number of carboxylic acids is 1. The van der Waals surface area contributed by atoms with Crippen LogP contribution in [0.2, 0.25) is 0 Å². The Morgan fingerprint density at radius 1 is 1.32 bits per heavy atom. The zero-order valence-electron chi connectivity index (χ0n) is 14.7. The number of nitrogens with one attached hydrogen (secondary N) is 1. The highest BCUT2D eigenvalue weighted by atomic mass is 32.2. The van der Waals surface area contributed by atoms with Crippen molar-refractivity contribution in [2.45, 2.75) is 13.3 Å². The summed E-state index contributed by atoms with van der Waals surface area (Å²) in [5, 5.41) is 13.2. The molecule has 10 heteroatoms. The van der Waals surface area contributed by atoms with Gasteiger partial charge in [0, 0.05) is 5.38 Å². The van der Waals surface area contributed by atoms with E-state index in [-0.39, 0.29) is 24.0 Å². The summed E-state index contributed by atoms with van der Waals surface area (Å²) >= 11 is 7.51. The SMILES string of the molecule is Cc1ccc(/C=C2\SC(=S)N(CC(=O)Nc3nc(CC(=O)O)cs3)C2=O)cc1. The van der Waals surface area contributed by atoms with Gasteiger partial charge in [0.05, 0.1) is 17.0 Å². The molecule has 1 aromatic heterocycles. The van der Waals surface area contributed by atoms with E-state index in [2.05, 4.69) is 10.3 Å². The smallest absolute Gasteiger partial charge is 0.309 e. The third-order valence-corrected chi connectivity index (χ3v) is 5.87. The molecular formula is C18H15N3O4S3. The zero-order valence-corrected chi connectivity index (χ0v) is 17.1. The number of carbonyl (C=O) groups is 3. The lowest BCUT2D eigenvalue weighted by molar-refractivity contribution is -0.136. The van der Waals surface area contributed by atoms with Crippen molar-refractivity contribution in [2.24, 2.45) is 0 Å². The lowest BCUT2D eigenvalue weighted by Crippen LogP contribution is -2.36. The molecule has 0 spiro atoms. The van der Waals surface area contributed by atoms with Gasteiger partial charge in [-0.25, -0.2) is 4.98 Å². The highest BCUT2D eigenvalue weighted by molar-refractivity contribution is 8.26. The van der Waals surface area contributed by atoms with Gasteiger partial charge in [-0.1, -0.05) is 53.8 Å². The molecule has 1 aliphatic rings. The molecule has 2 N–H and O–H groups in total. The molecule has 144 valence electrons. The molecule has 1 aromatic carbocycles. The second-order valence-corrected chi connectivity index (χ2v) is 8.48. The zero-order chi connectivity index (χ0) is 20.3. The molecule has 2 heterocycles. The number of aromatic nitrogens is 1. The number of carbonyl (C=O) groups excluding carboxylic acids is 2. The van der Waals surface area contributed by atoms with E-state index in [1.807, 2.05) is 31.2 Å². The number of thiazole rings is 1. The molecule has 0 radical (unpaired) electrons. The number of hydrogen-bond acceptors (Lipinski definition) is 7. The van der Waals surface area contributed by atoms with Crippen LogP contribution in [0.15, 0.2) is 34.6 Å². The largest absolute Gasteiger partial charge is 0.481 e. The van der Waals surface area contributed by atoms with E-state index in [1.54, 1.807) is 11.5 Å². The van der Waals surface area contributed by atoms with Gasteiger partial charge in [-0.3, -0.25) is 19.3 Å². The van der Waals surface area contributed by atoms with Crippen LogP contribution in [0.25, 0.3) is 6.08 Å². The average molecular weight is 434 g/mol. The highest BCUT2D eigenvalue weighted by Gasteiger charge is 2.33. The number of thiocarbonyl (C=S) groups is 1. The molecule has 0 bridgehead atoms. The Kier molecular flexibility index (Phi) is 6.22. The number of amides is 2. The number of aliphatic carboxylic acids is 1. The molecule has 0 saturated carbocycles. The normalized spacial score (nSPS) is 15.3. The van der Waals surface area contributed by atoms with Crippen molar-refractivity contribution in [3.8, 4) is 0 Å². The number of rotatable bonds is 6. The van der Waals surface area contributed by atoms with Crippen molar-refractivity contribution in [3.05, 3.63) is 51.4 Å². The summed E-state index contributed by atoms with van der Waals surface area (Å²) in [7, 11) is 0. The molecule has 2 aromatic rings. The first kappa shape index (κ1) is 20.2. The summed E-state index contributed by atoms with van der Waals surface area (Å²) in [4.78, 5) is 41.3. The first-order chi connectivity index (χ1) is 13.3. The second-order valence-electron chi connectivity index (χ2n) is 5.94. The van der Waals surface area contributed by atoms with Crippen LogP contribution in [0.4, 0.5) is 5.13 Å². The van der Waals surface area contributed by atoms with Gasteiger partial charge in [-0.05, 0) is 18.6 Å². The Morgan fingerprint density at radius 2 is 2.04 bits per heavy atom. The topological polar surface area (TPSA) is 99.6 Å². The van der Waals surface area contributed by atoms with Crippen molar-refractivity contribution >= 4 is 68.6 Å². The predicted molar refractivity (Wildman–Crippen MR) is 113 cm³/mol. The van der Waals surface area contributed by atoms with Gasteiger partial charge in [0.25, 0.3) is 5.91 Å². The summed E-state index contributed by atoms with van der Waals surface area (Å²) in [5.74, 6) is -1.78. The van der Waals surface area contributed by atoms with Gasteiger partial charge in [0.1, 0.15) is 10.9 Å². The minimum absolute atomic E-state index is 0.217. The number of nitrogens with zero attached hydrogens (tertiary/aromatic N) is 2. The Hall–Kier alpha value is -2.56. The number of hydrogen-bond donors (Lipinski definition) is 2. The number of carboxylic acid groups (broad SMARTS) is 1. The van der Waals surface area contributed by atoms with Crippen LogP contribution in [0.1, 0.15) is 16.8 Å². The molecule has 2 amide bonds. The Bertz CT molecular complexity index is 982. The van der Waals surface area contributed by atoms with Crippen LogP contribution in [0.5, 0.6) is 0 Å². The molecule has 28 heavy (non-hydrogen) atoms. The highest BCUT2D eigenvalue weighted by Crippen LogP contribution is 2.32. The molecular weight excluding hydrogens is 418 g/mol. The third-order valence-electron chi connectivity index (χ3n) is 3.68. The van der Waals surface area contributed by atoms with E-state index >= 15 is 0 Å². The van der Waals surface area contributed by atoms with Crippen molar-refractivity contribution < 1.29 is 19.5 Å². The Balaban J connectivity index is 1.63. The minimum Gasteiger partial charge on any atom is -0.481 e. The van der Waals surface area contributed by atoms with E-state index in [0.717, 1.165) is 34.2 Å². The fourth-order valence-corrected chi connectivity index (χ4v) is 4.33. The van der Waals surface area contributed by atoms with Gasteiger partial charge >= 0.3 is 5.97 Å².